The van der Waals surface area contributed by atoms with E-state index in [1.807, 2.05) is 54.8 Å². The first kappa shape index (κ1) is 26.4. The fourth-order valence-electron chi connectivity index (χ4n) is 3.50. The molecule has 0 radical (unpaired) electrons. The lowest BCUT2D eigenvalue weighted by Crippen LogP contribution is -2.24. The van der Waals surface area contributed by atoms with E-state index in [4.69, 9.17) is 4.74 Å². The zero-order valence-corrected chi connectivity index (χ0v) is 23.0. The van der Waals surface area contributed by atoms with Crippen molar-refractivity contribution in [2.45, 2.75) is 25.5 Å². The maximum Gasteiger partial charge on any atom is 0.251 e. The molecule has 0 aliphatic rings. The first-order valence-corrected chi connectivity index (χ1v) is 13.2. The number of carbonyl (C=O) groups is 2. The van der Waals surface area contributed by atoms with Crippen molar-refractivity contribution >= 4 is 45.2 Å². The van der Waals surface area contributed by atoms with E-state index >= 15 is 0 Å². The average molecular weight is 581 g/mol. The molecule has 0 bridgehead atoms. The molecule has 2 amide bonds. The quantitative estimate of drug-likeness (QED) is 0.260. The van der Waals surface area contributed by atoms with Gasteiger partial charge in [-0.25, -0.2) is 0 Å². The highest BCUT2D eigenvalue weighted by Crippen LogP contribution is 2.24. The minimum absolute atomic E-state index is 0.135. The minimum atomic E-state index is -0.193. The number of nitrogens with zero attached hydrogens (tertiary/aromatic N) is 3. The molecule has 37 heavy (non-hydrogen) atoms. The van der Waals surface area contributed by atoms with Crippen LogP contribution in [0.5, 0.6) is 5.75 Å². The highest BCUT2D eigenvalue weighted by molar-refractivity contribution is 9.10. The minimum Gasteiger partial charge on any atom is -0.497 e. The molecular formula is C27H26BrN5O3S. The van der Waals surface area contributed by atoms with E-state index in [1.165, 1.54) is 11.8 Å². The number of methoxy groups -OCH3 is 1. The van der Waals surface area contributed by atoms with Gasteiger partial charge >= 0.3 is 0 Å². The second-order valence-corrected chi connectivity index (χ2v) is 10.1. The fourth-order valence-corrected chi connectivity index (χ4v) is 4.54. The van der Waals surface area contributed by atoms with E-state index in [0.717, 1.165) is 21.3 Å². The number of benzene rings is 3. The Kier molecular flexibility index (Phi) is 8.62. The lowest BCUT2D eigenvalue weighted by Gasteiger charge is -2.12. The third-order valence-electron chi connectivity index (χ3n) is 5.67. The maximum absolute atomic E-state index is 12.8. The van der Waals surface area contributed by atoms with Crippen LogP contribution >= 0.6 is 27.7 Å². The standard InChI is InChI=1S/C27H26BrN5O3S/c1-17-4-5-19(14-18(17)2)26(35)29-15-24-31-32-27(33(24)22-10-6-20(28)7-11-22)37-16-25(34)30-21-8-12-23(36-3)13-9-21/h4-14H,15-16H2,1-3H3,(H,29,35)(H,30,34). The summed E-state index contributed by atoms with van der Waals surface area (Å²) in [7, 11) is 1.59. The van der Waals surface area contributed by atoms with Crippen LogP contribution in [0.1, 0.15) is 27.3 Å². The molecule has 4 rings (SSSR count). The van der Waals surface area contributed by atoms with Gasteiger partial charge in [-0.05, 0) is 85.6 Å². The average Bonchev–Trinajstić information content (AvgIpc) is 3.31. The molecule has 4 aromatic rings. The monoisotopic (exact) mass is 579 g/mol. The second-order valence-electron chi connectivity index (χ2n) is 8.26. The van der Waals surface area contributed by atoms with E-state index in [1.54, 1.807) is 37.4 Å². The Balaban J connectivity index is 1.48. The van der Waals surface area contributed by atoms with E-state index in [-0.39, 0.29) is 24.1 Å². The third-order valence-corrected chi connectivity index (χ3v) is 7.13. The number of thioether (sulfide) groups is 1. The zero-order chi connectivity index (χ0) is 26.4. The van der Waals surface area contributed by atoms with Crippen LogP contribution in [-0.4, -0.2) is 39.4 Å². The summed E-state index contributed by atoms with van der Waals surface area (Å²) >= 11 is 4.72. The molecule has 0 saturated carbocycles. The Labute approximate surface area is 228 Å². The van der Waals surface area contributed by atoms with E-state index in [9.17, 15) is 9.59 Å². The summed E-state index contributed by atoms with van der Waals surface area (Å²) in [6.07, 6.45) is 0. The summed E-state index contributed by atoms with van der Waals surface area (Å²) in [4.78, 5) is 25.3. The number of hydrogen-bond acceptors (Lipinski definition) is 6. The van der Waals surface area contributed by atoms with E-state index < -0.39 is 0 Å². The van der Waals surface area contributed by atoms with Gasteiger partial charge in [-0.2, -0.15) is 0 Å². The van der Waals surface area contributed by atoms with Crippen LogP contribution in [0.2, 0.25) is 0 Å². The number of amides is 2. The lowest BCUT2D eigenvalue weighted by atomic mass is 10.1. The summed E-state index contributed by atoms with van der Waals surface area (Å²) in [5, 5.41) is 15.0. The van der Waals surface area contributed by atoms with Crippen LogP contribution in [0.4, 0.5) is 5.69 Å². The summed E-state index contributed by atoms with van der Waals surface area (Å²) < 4.78 is 7.93. The Hall–Kier alpha value is -3.63. The molecule has 0 aliphatic carbocycles. The number of aryl methyl sites for hydroxylation is 2. The van der Waals surface area contributed by atoms with E-state index in [0.29, 0.717) is 28.0 Å². The van der Waals surface area contributed by atoms with Gasteiger partial charge in [0.05, 0.1) is 19.4 Å². The Bertz CT molecular complexity index is 1400. The molecule has 8 nitrogen and oxygen atoms in total. The largest absolute Gasteiger partial charge is 0.497 e. The molecule has 3 aromatic carbocycles. The molecule has 2 N–H and O–H groups in total. The van der Waals surface area contributed by atoms with Gasteiger partial charge in [0.2, 0.25) is 5.91 Å². The molecule has 0 atom stereocenters. The number of halogens is 1. The van der Waals surface area contributed by atoms with Crippen molar-refractivity contribution in [1.82, 2.24) is 20.1 Å². The Morgan fingerprint density at radius 2 is 1.70 bits per heavy atom. The lowest BCUT2D eigenvalue weighted by molar-refractivity contribution is -0.113. The van der Waals surface area contributed by atoms with Crippen molar-refractivity contribution in [2.75, 3.05) is 18.2 Å². The van der Waals surface area contributed by atoms with Crippen molar-refractivity contribution in [3.8, 4) is 11.4 Å². The highest BCUT2D eigenvalue weighted by Gasteiger charge is 2.17. The van der Waals surface area contributed by atoms with Crippen molar-refractivity contribution in [1.29, 1.82) is 0 Å². The third kappa shape index (κ3) is 6.78. The molecule has 0 aliphatic heterocycles. The molecule has 1 aromatic heterocycles. The molecule has 0 spiro atoms. The number of nitrogens with one attached hydrogen (secondary N) is 2. The van der Waals surface area contributed by atoms with Gasteiger partial charge < -0.3 is 15.4 Å². The van der Waals surface area contributed by atoms with Crippen LogP contribution in [0.25, 0.3) is 5.69 Å². The van der Waals surface area contributed by atoms with Gasteiger partial charge in [0.1, 0.15) is 5.75 Å². The van der Waals surface area contributed by atoms with Gasteiger partial charge in [-0.15, -0.1) is 10.2 Å². The van der Waals surface area contributed by atoms with E-state index in [2.05, 4.69) is 36.8 Å². The van der Waals surface area contributed by atoms with Gasteiger partial charge in [0.25, 0.3) is 5.91 Å². The molecule has 0 saturated heterocycles. The predicted molar refractivity (Wildman–Crippen MR) is 148 cm³/mol. The SMILES string of the molecule is COc1ccc(NC(=O)CSc2nnc(CNC(=O)c3ccc(C)c(C)c3)n2-c2ccc(Br)cc2)cc1. The van der Waals surface area contributed by atoms with Crippen molar-refractivity contribution in [3.63, 3.8) is 0 Å². The number of carbonyl (C=O) groups excluding carboxylic acids is 2. The summed E-state index contributed by atoms with van der Waals surface area (Å²) in [5.41, 5.74) is 4.27. The summed E-state index contributed by atoms with van der Waals surface area (Å²) in [5.74, 6) is 1.03. The van der Waals surface area contributed by atoms with Crippen molar-refractivity contribution in [3.05, 3.63) is 93.7 Å². The predicted octanol–water partition coefficient (Wildman–Crippen LogP) is 5.32. The van der Waals surface area contributed by atoms with Crippen LogP contribution in [0.3, 0.4) is 0 Å². The number of ether oxygens (including phenoxy) is 1. The topological polar surface area (TPSA) is 98.1 Å². The highest BCUT2D eigenvalue weighted by atomic mass is 79.9. The van der Waals surface area contributed by atoms with Gasteiger partial charge in [-0.1, -0.05) is 33.8 Å². The number of anilines is 1. The van der Waals surface area contributed by atoms with Crippen LogP contribution in [0.15, 0.2) is 76.4 Å². The van der Waals surface area contributed by atoms with Crippen LogP contribution < -0.4 is 15.4 Å². The fraction of sp³-hybridized carbons (Fsp3) is 0.185. The zero-order valence-electron chi connectivity index (χ0n) is 20.6. The molecule has 0 unspecified atom stereocenters. The molecule has 0 fully saturated rings. The number of aromatic nitrogens is 3. The maximum atomic E-state index is 12.8. The van der Waals surface area contributed by atoms with Crippen molar-refractivity contribution in [2.24, 2.45) is 0 Å². The normalized spacial score (nSPS) is 10.7. The molecule has 1 heterocycles. The molecule has 10 heteroatoms. The number of rotatable bonds is 9. The van der Waals surface area contributed by atoms with Gasteiger partial charge in [0.15, 0.2) is 11.0 Å². The van der Waals surface area contributed by atoms with Gasteiger partial charge in [-0.3, -0.25) is 14.2 Å². The molecule has 190 valence electrons. The summed E-state index contributed by atoms with van der Waals surface area (Å²) in [6.45, 7) is 4.16. The number of hydrogen-bond donors (Lipinski definition) is 2. The van der Waals surface area contributed by atoms with Crippen molar-refractivity contribution < 1.29 is 14.3 Å². The Morgan fingerprint density at radius 3 is 2.38 bits per heavy atom. The molecular weight excluding hydrogens is 554 g/mol. The second kappa shape index (κ2) is 12.1. The van der Waals surface area contributed by atoms with Crippen LogP contribution in [-0.2, 0) is 11.3 Å². The Morgan fingerprint density at radius 1 is 0.973 bits per heavy atom. The summed E-state index contributed by atoms with van der Waals surface area (Å²) in [6, 6.07) is 20.4. The van der Waals surface area contributed by atoms with Gasteiger partial charge in [0, 0.05) is 21.4 Å². The first-order valence-electron chi connectivity index (χ1n) is 11.5. The smallest absolute Gasteiger partial charge is 0.251 e. The first-order chi connectivity index (χ1) is 17.8. The van der Waals surface area contributed by atoms with Crippen LogP contribution in [0, 0.1) is 13.8 Å².